The summed E-state index contributed by atoms with van der Waals surface area (Å²) in [6.07, 6.45) is -1.72. The molecular formula is C12H21F3N2O. The van der Waals surface area contributed by atoms with Crippen LogP contribution < -0.4 is 10.6 Å². The summed E-state index contributed by atoms with van der Waals surface area (Å²) in [7, 11) is 0. The molecule has 0 aromatic heterocycles. The molecule has 0 spiro atoms. The lowest BCUT2D eigenvalue weighted by Crippen LogP contribution is -2.53. The van der Waals surface area contributed by atoms with Gasteiger partial charge >= 0.3 is 6.18 Å². The fourth-order valence-electron chi connectivity index (χ4n) is 2.41. The average Bonchev–Trinajstić information content (AvgIpc) is 2.73. The van der Waals surface area contributed by atoms with Gasteiger partial charge in [-0.2, -0.15) is 13.2 Å². The molecule has 0 saturated carbocycles. The largest absolute Gasteiger partial charge is 0.389 e. The first-order valence-corrected chi connectivity index (χ1v) is 6.50. The predicted octanol–water partition coefficient (Wildman–Crippen LogP) is 2.37. The Morgan fingerprint density at radius 3 is 2.67 bits per heavy atom. The topological polar surface area (TPSA) is 41.1 Å². The van der Waals surface area contributed by atoms with E-state index in [9.17, 15) is 18.0 Å². The van der Waals surface area contributed by atoms with Crippen molar-refractivity contribution in [2.45, 2.75) is 57.2 Å². The van der Waals surface area contributed by atoms with Crippen LogP contribution in [0.15, 0.2) is 0 Å². The molecule has 1 atom stereocenters. The van der Waals surface area contributed by atoms with Gasteiger partial charge in [-0.3, -0.25) is 4.79 Å². The number of nitrogens with one attached hydrogen (secondary N) is 2. The van der Waals surface area contributed by atoms with Crippen LogP contribution in [0.3, 0.4) is 0 Å². The summed E-state index contributed by atoms with van der Waals surface area (Å²) in [5.41, 5.74) is -0.549. The monoisotopic (exact) mass is 266 g/mol. The molecular weight excluding hydrogens is 245 g/mol. The lowest BCUT2D eigenvalue weighted by molar-refractivity contribution is -0.137. The zero-order chi connectivity index (χ0) is 13.6. The summed E-state index contributed by atoms with van der Waals surface area (Å²) in [6, 6.07) is 0. The van der Waals surface area contributed by atoms with E-state index in [2.05, 4.69) is 10.6 Å². The van der Waals surface area contributed by atoms with Crippen LogP contribution in [0.5, 0.6) is 0 Å². The first-order chi connectivity index (χ1) is 8.40. The number of amides is 1. The van der Waals surface area contributed by atoms with Gasteiger partial charge in [-0.15, -0.1) is 0 Å². The van der Waals surface area contributed by atoms with Gasteiger partial charge in [-0.1, -0.05) is 13.3 Å². The van der Waals surface area contributed by atoms with Crippen LogP contribution in [0, 0.1) is 0 Å². The number of halogens is 3. The second-order valence-corrected chi connectivity index (χ2v) is 4.84. The molecule has 1 aliphatic heterocycles. The SMILES string of the molecule is CCCC1(C(=O)NCCCC(F)(F)F)CCCN1. The zero-order valence-electron chi connectivity index (χ0n) is 10.7. The molecule has 106 valence electrons. The molecule has 1 saturated heterocycles. The van der Waals surface area contributed by atoms with Crippen LogP contribution in [-0.4, -0.2) is 30.7 Å². The van der Waals surface area contributed by atoms with Gasteiger partial charge < -0.3 is 10.6 Å². The maximum Gasteiger partial charge on any atom is 0.389 e. The molecule has 1 fully saturated rings. The quantitative estimate of drug-likeness (QED) is 0.725. The Bertz CT molecular complexity index is 273. The molecule has 1 rings (SSSR count). The third kappa shape index (κ3) is 4.48. The minimum atomic E-state index is -4.14. The van der Waals surface area contributed by atoms with Crippen LogP contribution in [-0.2, 0) is 4.79 Å². The Morgan fingerprint density at radius 2 is 2.17 bits per heavy atom. The van der Waals surface area contributed by atoms with Gasteiger partial charge in [-0.25, -0.2) is 0 Å². The van der Waals surface area contributed by atoms with E-state index in [1.807, 2.05) is 6.92 Å². The van der Waals surface area contributed by atoms with Crippen molar-refractivity contribution >= 4 is 5.91 Å². The molecule has 0 aromatic rings. The van der Waals surface area contributed by atoms with Crippen molar-refractivity contribution in [3.8, 4) is 0 Å². The average molecular weight is 266 g/mol. The summed E-state index contributed by atoms with van der Waals surface area (Å²) in [5.74, 6) is -0.149. The van der Waals surface area contributed by atoms with E-state index in [0.29, 0.717) is 0 Å². The maximum absolute atomic E-state index is 12.0. The van der Waals surface area contributed by atoms with E-state index in [4.69, 9.17) is 0 Å². The van der Waals surface area contributed by atoms with E-state index in [1.165, 1.54) is 0 Å². The van der Waals surface area contributed by atoms with Crippen molar-refractivity contribution in [3.05, 3.63) is 0 Å². The molecule has 1 heterocycles. The van der Waals surface area contributed by atoms with Crippen molar-refractivity contribution < 1.29 is 18.0 Å². The number of rotatable bonds is 6. The lowest BCUT2D eigenvalue weighted by atomic mass is 9.91. The standard InChI is InChI=1S/C12H21F3N2O/c1-2-5-11(6-3-9-17-11)10(18)16-8-4-7-12(13,14)15/h17H,2-9H2,1H3,(H,16,18). The molecule has 6 heteroatoms. The Kier molecular flexibility index (Phi) is 5.44. The molecule has 0 aromatic carbocycles. The molecule has 1 unspecified atom stereocenters. The van der Waals surface area contributed by atoms with Gasteiger partial charge in [0.2, 0.25) is 5.91 Å². The van der Waals surface area contributed by atoms with E-state index in [1.54, 1.807) is 0 Å². The van der Waals surface area contributed by atoms with Crippen molar-refractivity contribution in [2.24, 2.45) is 0 Å². The normalized spacial score (nSPS) is 24.2. The number of hydrogen-bond acceptors (Lipinski definition) is 2. The Labute approximate surface area is 106 Å². The number of carbonyl (C=O) groups is 1. The summed E-state index contributed by atoms with van der Waals surface area (Å²) in [5, 5.41) is 5.82. The van der Waals surface area contributed by atoms with Crippen molar-refractivity contribution in [2.75, 3.05) is 13.1 Å². The highest BCUT2D eigenvalue weighted by Crippen LogP contribution is 2.25. The van der Waals surface area contributed by atoms with Gasteiger partial charge in [0.15, 0.2) is 0 Å². The van der Waals surface area contributed by atoms with Gasteiger partial charge in [0.1, 0.15) is 0 Å². The van der Waals surface area contributed by atoms with Crippen LogP contribution >= 0.6 is 0 Å². The minimum absolute atomic E-state index is 0.0581. The third-order valence-electron chi connectivity index (χ3n) is 3.28. The summed E-state index contributed by atoms with van der Waals surface area (Å²) < 4.78 is 35.9. The minimum Gasteiger partial charge on any atom is -0.354 e. The Balaban J connectivity index is 2.34. The van der Waals surface area contributed by atoms with Crippen molar-refractivity contribution in [3.63, 3.8) is 0 Å². The molecule has 0 aliphatic carbocycles. The van der Waals surface area contributed by atoms with Crippen LogP contribution in [0.25, 0.3) is 0 Å². The highest BCUT2D eigenvalue weighted by Gasteiger charge is 2.39. The molecule has 3 nitrogen and oxygen atoms in total. The number of hydrogen-bond donors (Lipinski definition) is 2. The molecule has 0 radical (unpaired) electrons. The van der Waals surface area contributed by atoms with Gasteiger partial charge in [0, 0.05) is 13.0 Å². The molecule has 0 bridgehead atoms. The lowest BCUT2D eigenvalue weighted by Gasteiger charge is -2.27. The highest BCUT2D eigenvalue weighted by atomic mass is 19.4. The molecule has 2 N–H and O–H groups in total. The fourth-order valence-corrected chi connectivity index (χ4v) is 2.41. The Morgan fingerprint density at radius 1 is 1.44 bits per heavy atom. The summed E-state index contributed by atoms with van der Waals surface area (Å²) in [6.45, 7) is 2.89. The Hall–Kier alpha value is -0.780. The second-order valence-electron chi connectivity index (χ2n) is 4.84. The smallest absolute Gasteiger partial charge is 0.354 e. The number of carbonyl (C=O) groups excluding carboxylic acids is 1. The van der Waals surface area contributed by atoms with Crippen LogP contribution in [0.2, 0.25) is 0 Å². The molecule has 1 aliphatic rings. The summed E-state index contributed by atoms with van der Waals surface area (Å²) in [4.78, 5) is 12.0. The van der Waals surface area contributed by atoms with E-state index >= 15 is 0 Å². The summed E-state index contributed by atoms with van der Waals surface area (Å²) >= 11 is 0. The van der Waals surface area contributed by atoms with Crippen molar-refractivity contribution in [1.29, 1.82) is 0 Å². The van der Waals surface area contributed by atoms with Gasteiger partial charge in [-0.05, 0) is 32.2 Å². The highest BCUT2D eigenvalue weighted by molar-refractivity contribution is 5.86. The van der Waals surface area contributed by atoms with Crippen LogP contribution in [0.1, 0.15) is 45.4 Å². The second kappa shape index (κ2) is 6.41. The third-order valence-corrected chi connectivity index (χ3v) is 3.28. The maximum atomic E-state index is 12.0. The van der Waals surface area contributed by atoms with Crippen molar-refractivity contribution in [1.82, 2.24) is 10.6 Å². The molecule has 18 heavy (non-hydrogen) atoms. The van der Waals surface area contributed by atoms with Crippen LogP contribution in [0.4, 0.5) is 13.2 Å². The van der Waals surface area contributed by atoms with E-state index in [-0.39, 0.29) is 18.9 Å². The van der Waals surface area contributed by atoms with E-state index < -0.39 is 18.1 Å². The predicted molar refractivity (Wildman–Crippen MR) is 63.2 cm³/mol. The van der Waals surface area contributed by atoms with E-state index in [0.717, 1.165) is 32.2 Å². The molecule has 1 amide bonds. The fraction of sp³-hybridized carbons (Fsp3) is 0.917. The number of alkyl halides is 3. The first kappa shape index (κ1) is 15.3. The van der Waals surface area contributed by atoms with Gasteiger partial charge in [0.25, 0.3) is 0 Å². The first-order valence-electron chi connectivity index (χ1n) is 6.50. The van der Waals surface area contributed by atoms with Gasteiger partial charge in [0.05, 0.1) is 5.54 Å². The zero-order valence-corrected chi connectivity index (χ0v) is 10.7.